The summed E-state index contributed by atoms with van der Waals surface area (Å²) in [6, 6.07) is 7.39. The molecule has 116 valence electrons. The zero-order valence-electron chi connectivity index (χ0n) is 12.0. The number of hydrogen-bond donors (Lipinski definition) is 1. The fourth-order valence-corrected chi connectivity index (χ4v) is 2.61. The predicted octanol–water partition coefficient (Wildman–Crippen LogP) is 3.08. The largest absolute Gasteiger partial charge is 0.469 e. The summed E-state index contributed by atoms with van der Waals surface area (Å²) in [5.41, 5.74) is 1.63. The molecule has 0 saturated heterocycles. The standard InChI is InChI=1S/C15H15ClN2O3S/c1-21-14(20)8-12-9-22-15(17-12)18-13(19)7-4-10-2-5-11(16)6-3-10/h2-3,5-6,9H,4,7-8H2,1H3,(H,17,18,19). The molecule has 0 aliphatic heterocycles. The van der Waals surface area contributed by atoms with Crippen LogP contribution in [0.5, 0.6) is 0 Å². The molecule has 22 heavy (non-hydrogen) atoms. The third-order valence-corrected chi connectivity index (χ3v) is 3.96. The summed E-state index contributed by atoms with van der Waals surface area (Å²) in [6.07, 6.45) is 1.09. The maximum absolute atomic E-state index is 11.9. The Balaban J connectivity index is 1.81. The van der Waals surface area contributed by atoms with Gasteiger partial charge < -0.3 is 10.1 Å². The highest BCUT2D eigenvalue weighted by Crippen LogP contribution is 2.17. The van der Waals surface area contributed by atoms with Gasteiger partial charge in [0.15, 0.2) is 5.13 Å². The van der Waals surface area contributed by atoms with Crippen LogP contribution in [0, 0.1) is 0 Å². The number of amides is 1. The van der Waals surface area contributed by atoms with Crippen LogP contribution in [0.4, 0.5) is 5.13 Å². The van der Waals surface area contributed by atoms with Crippen LogP contribution in [0.2, 0.25) is 5.02 Å². The molecule has 0 spiro atoms. The number of hydrogen-bond acceptors (Lipinski definition) is 5. The van der Waals surface area contributed by atoms with E-state index in [1.807, 2.05) is 12.1 Å². The Labute approximate surface area is 137 Å². The zero-order valence-corrected chi connectivity index (χ0v) is 13.5. The number of aromatic nitrogens is 1. The highest BCUT2D eigenvalue weighted by Gasteiger charge is 2.10. The maximum atomic E-state index is 11.9. The highest BCUT2D eigenvalue weighted by atomic mass is 35.5. The molecule has 2 rings (SSSR count). The van der Waals surface area contributed by atoms with Crippen molar-refractivity contribution in [2.45, 2.75) is 19.3 Å². The molecule has 5 nitrogen and oxygen atoms in total. The minimum Gasteiger partial charge on any atom is -0.469 e. The van der Waals surface area contributed by atoms with Gasteiger partial charge in [0.05, 0.1) is 19.2 Å². The van der Waals surface area contributed by atoms with Crippen LogP contribution in [-0.2, 0) is 27.2 Å². The van der Waals surface area contributed by atoms with Gasteiger partial charge in [-0.05, 0) is 24.1 Å². The minimum absolute atomic E-state index is 0.105. The molecule has 0 unspecified atom stereocenters. The van der Waals surface area contributed by atoms with E-state index < -0.39 is 0 Å². The summed E-state index contributed by atoms with van der Waals surface area (Å²) in [5.74, 6) is -0.472. The van der Waals surface area contributed by atoms with E-state index in [1.165, 1.54) is 18.4 Å². The number of nitrogens with one attached hydrogen (secondary N) is 1. The molecule has 0 aliphatic carbocycles. The number of thiazole rings is 1. The summed E-state index contributed by atoms with van der Waals surface area (Å²) in [5, 5.41) is 5.61. The Bertz CT molecular complexity index is 655. The Morgan fingerprint density at radius 2 is 2.05 bits per heavy atom. The maximum Gasteiger partial charge on any atom is 0.311 e. The van der Waals surface area contributed by atoms with E-state index >= 15 is 0 Å². The third-order valence-electron chi connectivity index (χ3n) is 2.91. The number of rotatable bonds is 6. The van der Waals surface area contributed by atoms with Crippen molar-refractivity contribution in [1.29, 1.82) is 0 Å². The number of nitrogens with zero attached hydrogens (tertiary/aromatic N) is 1. The van der Waals surface area contributed by atoms with Crippen molar-refractivity contribution in [2.75, 3.05) is 12.4 Å². The van der Waals surface area contributed by atoms with E-state index in [0.717, 1.165) is 5.56 Å². The summed E-state index contributed by atoms with van der Waals surface area (Å²) >= 11 is 7.10. The first-order valence-corrected chi connectivity index (χ1v) is 7.88. The van der Waals surface area contributed by atoms with Crippen LogP contribution in [0.3, 0.4) is 0 Å². The van der Waals surface area contributed by atoms with Gasteiger partial charge >= 0.3 is 5.97 Å². The number of anilines is 1. The van der Waals surface area contributed by atoms with Crippen molar-refractivity contribution in [3.8, 4) is 0 Å². The number of methoxy groups -OCH3 is 1. The molecular formula is C15H15ClN2O3S. The summed E-state index contributed by atoms with van der Waals surface area (Å²) in [4.78, 5) is 27.2. The van der Waals surface area contributed by atoms with E-state index in [2.05, 4.69) is 15.0 Å². The van der Waals surface area contributed by atoms with Crippen molar-refractivity contribution in [2.24, 2.45) is 0 Å². The smallest absolute Gasteiger partial charge is 0.311 e. The molecule has 0 fully saturated rings. The van der Waals surface area contributed by atoms with Crippen molar-refractivity contribution < 1.29 is 14.3 Å². The predicted molar refractivity (Wildman–Crippen MR) is 86.2 cm³/mol. The molecular weight excluding hydrogens is 324 g/mol. The van der Waals surface area contributed by atoms with Gasteiger partial charge in [-0.25, -0.2) is 4.98 Å². The van der Waals surface area contributed by atoms with Gasteiger partial charge in [0.2, 0.25) is 5.91 Å². The zero-order chi connectivity index (χ0) is 15.9. The van der Waals surface area contributed by atoms with Gasteiger partial charge in [-0.15, -0.1) is 11.3 Å². The third kappa shape index (κ3) is 5.13. The summed E-state index contributed by atoms with van der Waals surface area (Å²) in [6.45, 7) is 0. The molecule has 0 radical (unpaired) electrons. The molecule has 0 saturated carbocycles. The molecule has 1 aromatic heterocycles. The molecule has 0 bridgehead atoms. The highest BCUT2D eigenvalue weighted by molar-refractivity contribution is 7.13. The van der Waals surface area contributed by atoms with Crippen LogP contribution in [-0.4, -0.2) is 24.0 Å². The van der Waals surface area contributed by atoms with Gasteiger partial charge in [-0.1, -0.05) is 23.7 Å². The minimum atomic E-state index is -0.356. The Hall–Kier alpha value is -1.92. The average molecular weight is 339 g/mol. The normalized spacial score (nSPS) is 10.3. The fourth-order valence-electron chi connectivity index (χ4n) is 1.76. The van der Waals surface area contributed by atoms with Gasteiger partial charge in [-0.3, -0.25) is 9.59 Å². The first-order valence-electron chi connectivity index (χ1n) is 6.62. The van der Waals surface area contributed by atoms with Gasteiger partial charge in [0.1, 0.15) is 0 Å². The molecule has 0 atom stereocenters. The number of aryl methyl sites for hydroxylation is 1. The second-order valence-corrected chi connectivity index (χ2v) is 5.87. The van der Waals surface area contributed by atoms with Crippen molar-refractivity contribution in [3.05, 3.63) is 45.9 Å². The van der Waals surface area contributed by atoms with Gasteiger partial charge in [0, 0.05) is 16.8 Å². The van der Waals surface area contributed by atoms with E-state index in [4.69, 9.17) is 11.6 Å². The van der Waals surface area contributed by atoms with Gasteiger partial charge in [-0.2, -0.15) is 0 Å². The summed E-state index contributed by atoms with van der Waals surface area (Å²) in [7, 11) is 1.33. The lowest BCUT2D eigenvalue weighted by Crippen LogP contribution is -2.12. The summed E-state index contributed by atoms with van der Waals surface area (Å²) < 4.78 is 4.57. The van der Waals surface area contributed by atoms with E-state index in [0.29, 0.717) is 28.7 Å². The molecule has 2 aromatic rings. The van der Waals surface area contributed by atoms with Crippen molar-refractivity contribution >= 4 is 39.9 Å². The SMILES string of the molecule is COC(=O)Cc1csc(NC(=O)CCc2ccc(Cl)cc2)n1. The Kier molecular flexibility index (Phi) is 5.91. The number of carbonyl (C=O) groups excluding carboxylic acids is 2. The van der Waals surface area contributed by atoms with Crippen LogP contribution < -0.4 is 5.32 Å². The van der Waals surface area contributed by atoms with Crippen LogP contribution in [0.25, 0.3) is 0 Å². The molecule has 1 aromatic carbocycles. The first-order chi connectivity index (χ1) is 10.6. The van der Waals surface area contributed by atoms with E-state index in [1.54, 1.807) is 17.5 Å². The number of esters is 1. The lowest BCUT2D eigenvalue weighted by Gasteiger charge is -2.02. The number of benzene rings is 1. The lowest BCUT2D eigenvalue weighted by atomic mass is 10.1. The lowest BCUT2D eigenvalue weighted by molar-refractivity contribution is -0.139. The number of halogens is 1. The molecule has 7 heteroatoms. The molecule has 1 amide bonds. The van der Waals surface area contributed by atoms with E-state index in [-0.39, 0.29) is 18.3 Å². The fraction of sp³-hybridized carbons (Fsp3) is 0.267. The topological polar surface area (TPSA) is 68.3 Å². The molecule has 1 heterocycles. The van der Waals surface area contributed by atoms with Crippen molar-refractivity contribution in [1.82, 2.24) is 4.98 Å². The first kappa shape index (κ1) is 16.5. The second kappa shape index (κ2) is 7.91. The molecule has 0 aliphatic rings. The van der Waals surface area contributed by atoms with Crippen molar-refractivity contribution in [3.63, 3.8) is 0 Å². The number of carbonyl (C=O) groups is 2. The monoisotopic (exact) mass is 338 g/mol. The van der Waals surface area contributed by atoms with Crippen LogP contribution >= 0.6 is 22.9 Å². The number of ether oxygens (including phenoxy) is 1. The van der Waals surface area contributed by atoms with Crippen LogP contribution in [0.15, 0.2) is 29.6 Å². The molecule has 1 N–H and O–H groups in total. The second-order valence-electron chi connectivity index (χ2n) is 4.57. The van der Waals surface area contributed by atoms with Gasteiger partial charge in [0.25, 0.3) is 0 Å². The Morgan fingerprint density at radius 3 is 2.73 bits per heavy atom. The quantitative estimate of drug-likeness (QED) is 0.822. The Morgan fingerprint density at radius 1 is 1.32 bits per heavy atom. The van der Waals surface area contributed by atoms with E-state index in [9.17, 15) is 9.59 Å². The average Bonchev–Trinajstić information content (AvgIpc) is 2.93. The van der Waals surface area contributed by atoms with Crippen LogP contribution in [0.1, 0.15) is 17.7 Å².